The van der Waals surface area contributed by atoms with Crippen LogP contribution in [0.1, 0.15) is 25.3 Å². The van der Waals surface area contributed by atoms with Crippen molar-refractivity contribution in [2.75, 3.05) is 43.5 Å². The highest BCUT2D eigenvalue weighted by Crippen LogP contribution is 2.33. The molecule has 0 aromatic carbocycles. The van der Waals surface area contributed by atoms with Crippen LogP contribution < -0.4 is 16.0 Å². The Morgan fingerprint density at radius 2 is 2.04 bits per heavy atom. The number of aliphatic imine (C=N–C) groups is 1. The van der Waals surface area contributed by atoms with E-state index in [-0.39, 0.29) is 5.82 Å². The fourth-order valence-corrected chi connectivity index (χ4v) is 2.52. The summed E-state index contributed by atoms with van der Waals surface area (Å²) in [5, 5.41) is 8.94. The van der Waals surface area contributed by atoms with Crippen molar-refractivity contribution < 1.29 is 13.2 Å². The SMILES string of the molecule is CCNC(=NCCCCSC)NCCNc1ncccc1C(F)(F)F. The number of hydrogen-bond acceptors (Lipinski definition) is 4. The van der Waals surface area contributed by atoms with E-state index in [0.29, 0.717) is 19.0 Å². The fourth-order valence-electron chi connectivity index (χ4n) is 2.03. The molecule has 0 atom stereocenters. The summed E-state index contributed by atoms with van der Waals surface area (Å²) in [6.07, 6.45) is 1.13. The summed E-state index contributed by atoms with van der Waals surface area (Å²) in [6, 6.07) is 2.29. The highest BCUT2D eigenvalue weighted by molar-refractivity contribution is 7.98. The van der Waals surface area contributed by atoms with Gasteiger partial charge in [-0.05, 0) is 43.9 Å². The van der Waals surface area contributed by atoms with Crippen molar-refractivity contribution >= 4 is 23.5 Å². The average molecular weight is 377 g/mol. The van der Waals surface area contributed by atoms with Crippen LogP contribution in [-0.4, -0.2) is 49.1 Å². The lowest BCUT2D eigenvalue weighted by atomic mass is 10.2. The van der Waals surface area contributed by atoms with E-state index in [9.17, 15) is 13.2 Å². The van der Waals surface area contributed by atoms with Crippen molar-refractivity contribution in [2.24, 2.45) is 4.99 Å². The lowest BCUT2D eigenvalue weighted by Crippen LogP contribution is -2.39. The molecule has 0 amide bonds. The van der Waals surface area contributed by atoms with E-state index in [1.54, 1.807) is 0 Å². The predicted octanol–water partition coefficient (Wildman–Crippen LogP) is 3.21. The van der Waals surface area contributed by atoms with E-state index in [0.717, 1.165) is 37.8 Å². The first kappa shape index (κ1) is 21.4. The van der Waals surface area contributed by atoms with Crippen LogP contribution in [-0.2, 0) is 6.18 Å². The Kier molecular flexibility index (Phi) is 10.1. The van der Waals surface area contributed by atoms with Gasteiger partial charge in [0.25, 0.3) is 0 Å². The molecule has 0 saturated carbocycles. The van der Waals surface area contributed by atoms with E-state index < -0.39 is 11.7 Å². The van der Waals surface area contributed by atoms with Gasteiger partial charge in [0.15, 0.2) is 5.96 Å². The molecule has 1 rings (SSSR count). The number of rotatable bonds is 10. The predicted molar refractivity (Wildman–Crippen MR) is 99.3 cm³/mol. The van der Waals surface area contributed by atoms with E-state index in [2.05, 4.69) is 32.2 Å². The molecule has 5 nitrogen and oxygen atoms in total. The van der Waals surface area contributed by atoms with E-state index >= 15 is 0 Å². The molecule has 0 radical (unpaired) electrons. The summed E-state index contributed by atoms with van der Waals surface area (Å²) in [7, 11) is 0. The second-order valence-electron chi connectivity index (χ2n) is 5.21. The van der Waals surface area contributed by atoms with Gasteiger partial charge in [-0.25, -0.2) is 4.98 Å². The zero-order valence-corrected chi connectivity index (χ0v) is 15.4. The van der Waals surface area contributed by atoms with Gasteiger partial charge < -0.3 is 16.0 Å². The van der Waals surface area contributed by atoms with Gasteiger partial charge in [-0.15, -0.1) is 0 Å². The normalized spacial score (nSPS) is 12.1. The maximum absolute atomic E-state index is 12.9. The number of nitrogens with one attached hydrogen (secondary N) is 3. The number of halogens is 3. The zero-order chi connectivity index (χ0) is 18.5. The molecule has 0 spiro atoms. The Morgan fingerprint density at radius 3 is 2.72 bits per heavy atom. The minimum atomic E-state index is -4.42. The highest BCUT2D eigenvalue weighted by Gasteiger charge is 2.33. The molecule has 1 aromatic rings. The summed E-state index contributed by atoms with van der Waals surface area (Å²) in [4.78, 5) is 8.22. The number of nitrogens with zero attached hydrogens (tertiary/aromatic N) is 2. The fraction of sp³-hybridized carbons (Fsp3) is 0.625. The van der Waals surface area contributed by atoms with Crippen LogP contribution in [0.3, 0.4) is 0 Å². The monoisotopic (exact) mass is 377 g/mol. The molecule has 0 aliphatic rings. The van der Waals surface area contributed by atoms with Crippen molar-refractivity contribution in [3.8, 4) is 0 Å². The standard InChI is InChI=1S/C16H26F3N5S/c1-3-20-15(23-8-4-5-12-25-2)24-11-10-22-14-13(16(17,18)19)7-6-9-21-14/h6-7,9H,3-5,8,10-12H2,1-2H3,(H,21,22)(H2,20,23,24). The summed E-state index contributed by atoms with van der Waals surface area (Å²) in [5.74, 6) is 1.64. The van der Waals surface area contributed by atoms with E-state index in [1.807, 2.05) is 18.7 Å². The Morgan fingerprint density at radius 1 is 1.24 bits per heavy atom. The Balaban J connectivity index is 2.43. The van der Waals surface area contributed by atoms with Crippen LogP contribution >= 0.6 is 11.8 Å². The molecule has 0 saturated heterocycles. The lowest BCUT2D eigenvalue weighted by Gasteiger charge is -2.14. The molecule has 25 heavy (non-hydrogen) atoms. The number of alkyl halides is 3. The molecular weight excluding hydrogens is 351 g/mol. The van der Waals surface area contributed by atoms with E-state index in [4.69, 9.17) is 0 Å². The zero-order valence-electron chi connectivity index (χ0n) is 14.6. The molecule has 0 unspecified atom stereocenters. The van der Waals surface area contributed by atoms with Crippen LogP contribution in [0, 0.1) is 0 Å². The van der Waals surface area contributed by atoms with Crippen molar-refractivity contribution in [3.05, 3.63) is 23.9 Å². The van der Waals surface area contributed by atoms with E-state index in [1.165, 1.54) is 12.3 Å². The van der Waals surface area contributed by atoms with Gasteiger partial charge in [0.1, 0.15) is 5.82 Å². The van der Waals surface area contributed by atoms with Crippen LogP contribution in [0.15, 0.2) is 23.3 Å². The molecule has 1 heterocycles. The maximum Gasteiger partial charge on any atom is 0.419 e. The van der Waals surface area contributed by atoms with Crippen molar-refractivity contribution in [3.63, 3.8) is 0 Å². The number of guanidine groups is 1. The first-order valence-corrected chi connectivity index (χ1v) is 9.65. The average Bonchev–Trinajstić information content (AvgIpc) is 2.58. The van der Waals surface area contributed by atoms with Gasteiger partial charge in [0.2, 0.25) is 0 Å². The third-order valence-electron chi connectivity index (χ3n) is 3.19. The highest BCUT2D eigenvalue weighted by atomic mass is 32.2. The van der Waals surface area contributed by atoms with Crippen molar-refractivity contribution in [1.82, 2.24) is 15.6 Å². The smallest absolute Gasteiger partial charge is 0.368 e. The van der Waals surface area contributed by atoms with Gasteiger partial charge in [-0.1, -0.05) is 0 Å². The van der Waals surface area contributed by atoms with Gasteiger partial charge in [-0.3, -0.25) is 4.99 Å². The molecule has 3 N–H and O–H groups in total. The second kappa shape index (κ2) is 11.8. The number of pyridine rings is 1. The van der Waals surface area contributed by atoms with Crippen LogP contribution in [0.25, 0.3) is 0 Å². The number of aromatic nitrogens is 1. The maximum atomic E-state index is 12.9. The van der Waals surface area contributed by atoms with Crippen LogP contribution in [0.2, 0.25) is 0 Å². The van der Waals surface area contributed by atoms with Gasteiger partial charge >= 0.3 is 6.18 Å². The Hall–Kier alpha value is -1.64. The lowest BCUT2D eigenvalue weighted by molar-refractivity contribution is -0.137. The first-order valence-electron chi connectivity index (χ1n) is 8.26. The summed E-state index contributed by atoms with van der Waals surface area (Å²) < 4.78 is 38.7. The number of anilines is 1. The number of unbranched alkanes of at least 4 members (excludes halogenated alkanes) is 1. The molecule has 142 valence electrons. The Labute approximate surface area is 151 Å². The minimum absolute atomic E-state index is 0.157. The van der Waals surface area contributed by atoms with Gasteiger partial charge in [-0.2, -0.15) is 24.9 Å². The Bertz CT molecular complexity index is 523. The quantitative estimate of drug-likeness (QED) is 0.332. The van der Waals surface area contributed by atoms with Crippen molar-refractivity contribution in [1.29, 1.82) is 0 Å². The second-order valence-corrected chi connectivity index (χ2v) is 6.20. The molecule has 9 heteroatoms. The number of hydrogen-bond donors (Lipinski definition) is 3. The third kappa shape index (κ3) is 8.85. The van der Waals surface area contributed by atoms with Crippen molar-refractivity contribution in [2.45, 2.75) is 25.9 Å². The third-order valence-corrected chi connectivity index (χ3v) is 3.89. The molecular formula is C16H26F3N5S. The minimum Gasteiger partial charge on any atom is -0.368 e. The summed E-state index contributed by atoms with van der Waals surface area (Å²) in [5.41, 5.74) is -0.760. The van der Waals surface area contributed by atoms with Gasteiger partial charge in [0, 0.05) is 32.4 Å². The molecule has 0 aliphatic carbocycles. The summed E-state index contributed by atoms with van der Waals surface area (Å²) >= 11 is 1.81. The van der Waals surface area contributed by atoms with Gasteiger partial charge in [0.05, 0.1) is 5.56 Å². The topological polar surface area (TPSA) is 61.3 Å². The first-order chi connectivity index (χ1) is 12.0. The molecule has 0 bridgehead atoms. The molecule has 1 aromatic heterocycles. The van der Waals surface area contributed by atoms with Crippen LogP contribution in [0.4, 0.5) is 19.0 Å². The number of thioether (sulfide) groups is 1. The largest absolute Gasteiger partial charge is 0.419 e. The molecule has 0 aliphatic heterocycles. The van der Waals surface area contributed by atoms with Crippen LogP contribution in [0.5, 0.6) is 0 Å². The molecule has 0 fully saturated rings. The summed E-state index contributed by atoms with van der Waals surface area (Å²) in [6.45, 7) is 4.15.